The van der Waals surface area contributed by atoms with Crippen molar-refractivity contribution in [3.8, 4) is 17.6 Å². The molecule has 1 aliphatic rings. The molecule has 1 amide bonds. The summed E-state index contributed by atoms with van der Waals surface area (Å²) in [6.07, 6.45) is 6.80. The molecule has 1 N–H and O–H groups in total. The molecule has 0 saturated heterocycles. The van der Waals surface area contributed by atoms with Gasteiger partial charge in [0.2, 0.25) is 5.91 Å². The lowest BCUT2D eigenvalue weighted by molar-refractivity contribution is -0.111. The van der Waals surface area contributed by atoms with Crippen LogP contribution in [0, 0.1) is 21.1 Å². The molecule has 0 saturated carbocycles. The number of carbonyl (C=O) groups is 1. The molecule has 1 aliphatic carbocycles. The molecule has 0 fully saturated rings. The normalized spacial score (nSPS) is 15.2. The van der Waals surface area contributed by atoms with Gasteiger partial charge in [-0.25, -0.2) is 0 Å². The largest absolute Gasteiger partial charge is 0.493 e. The van der Waals surface area contributed by atoms with E-state index in [0.717, 1.165) is 46.2 Å². The second-order valence-corrected chi connectivity index (χ2v) is 9.28. The maximum Gasteiger partial charge on any atom is 0.249 e. The van der Waals surface area contributed by atoms with Crippen molar-refractivity contribution >= 4 is 40.5 Å². The van der Waals surface area contributed by atoms with E-state index in [4.69, 9.17) is 21.7 Å². The Bertz CT molecular complexity index is 1100. The summed E-state index contributed by atoms with van der Waals surface area (Å²) in [4.78, 5) is 12.6. The van der Waals surface area contributed by atoms with Gasteiger partial charge in [-0.15, -0.1) is 11.3 Å². The van der Waals surface area contributed by atoms with Crippen LogP contribution in [0.1, 0.15) is 48.9 Å². The Kier molecular flexibility index (Phi) is 7.83. The van der Waals surface area contributed by atoms with E-state index < -0.39 is 0 Å². The van der Waals surface area contributed by atoms with Crippen molar-refractivity contribution in [2.24, 2.45) is 5.92 Å². The average molecular weight is 455 g/mol. The molecular weight excluding hydrogens is 428 g/mol. The fourth-order valence-electron chi connectivity index (χ4n) is 3.59. The zero-order chi connectivity index (χ0) is 22.4. The number of anilines is 1. The molecule has 162 valence electrons. The zero-order valence-corrected chi connectivity index (χ0v) is 19.6. The molecule has 3 rings (SSSR count). The summed E-state index contributed by atoms with van der Waals surface area (Å²) in [5, 5.41) is 13.1. The van der Waals surface area contributed by atoms with E-state index in [-0.39, 0.29) is 5.91 Å². The first-order valence-electron chi connectivity index (χ1n) is 10.4. The predicted octanol–water partition coefficient (Wildman–Crippen LogP) is 5.92. The van der Waals surface area contributed by atoms with Crippen LogP contribution < -0.4 is 14.8 Å². The van der Waals surface area contributed by atoms with E-state index in [0.29, 0.717) is 34.6 Å². The van der Waals surface area contributed by atoms with E-state index in [2.05, 4.69) is 18.3 Å². The first-order valence-corrected chi connectivity index (χ1v) is 11.6. The second kappa shape index (κ2) is 10.6. The maximum atomic E-state index is 12.6. The van der Waals surface area contributed by atoms with Crippen LogP contribution >= 0.6 is 23.6 Å². The third-order valence-electron chi connectivity index (χ3n) is 5.20. The number of hydrogen-bond acceptors (Lipinski definition) is 6. The summed E-state index contributed by atoms with van der Waals surface area (Å²) < 4.78 is 11.8. The zero-order valence-electron chi connectivity index (χ0n) is 18.0. The Morgan fingerprint density at radius 1 is 1.39 bits per heavy atom. The Morgan fingerprint density at radius 2 is 2.19 bits per heavy atom. The molecule has 1 aromatic carbocycles. The van der Waals surface area contributed by atoms with Gasteiger partial charge in [0.05, 0.1) is 23.1 Å². The van der Waals surface area contributed by atoms with Gasteiger partial charge in [0.25, 0.3) is 0 Å². The molecule has 1 aromatic heterocycles. The Balaban J connectivity index is 1.78. The number of methoxy groups -OCH3 is 1. The number of fused-ring (bicyclic) bond motifs is 1. The topological polar surface area (TPSA) is 71.3 Å². The molecule has 1 heterocycles. The fourth-order valence-corrected chi connectivity index (χ4v) is 4.99. The Morgan fingerprint density at radius 3 is 2.90 bits per heavy atom. The molecule has 0 bridgehead atoms. The van der Waals surface area contributed by atoms with Crippen molar-refractivity contribution in [3.05, 3.63) is 50.4 Å². The molecule has 5 nitrogen and oxygen atoms in total. The van der Waals surface area contributed by atoms with Crippen LogP contribution in [0.2, 0.25) is 0 Å². The molecule has 0 aliphatic heterocycles. The number of amides is 1. The quantitative estimate of drug-likeness (QED) is 0.415. The minimum atomic E-state index is -0.309. The highest BCUT2D eigenvalue weighted by Gasteiger charge is 2.23. The smallest absolute Gasteiger partial charge is 0.249 e. The summed E-state index contributed by atoms with van der Waals surface area (Å²) in [5.74, 6) is 1.54. The number of nitrogens with one attached hydrogen (secondary N) is 1. The van der Waals surface area contributed by atoms with Crippen molar-refractivity contribution in [2.45, 2.75) is 39.5 Å². The number of hydrogen-bond donors (Lipinski definition) is 1. The molecule has 2 aromatic rings. The standard InChI is InChI=1S/C24H26N2O3S2/c1-4-11-29-20-9-6-16(13-21(20)28-3)7-10-22(27)26-23-19(14-25)17-8-5-15(2)12-18(17)24(30)31-23/h6-7,9-10,13,15H,4-5,8,11-12H2,1-3H3,(H,26,27)/b10-7+. The van der Waals surface area contributed by atoms with E-state index in [1.807, 2.05) is 25.1 Å². The van der Waals surface area contributed by atoms with Crippen LogP contribution in [0.25, 0.3) is 6.08 Å². The van der Waals surface area contributed by atoms with Crippen molar-refractivity contribution in [1.29, 1.82) is 5.26 Å². The van der Waals surface area contributed by atoms with Gasteiger partial charge in [0.15, 0.2) is 11.5 Å². The third kappa shape index (κ3) is 5.52. The van der Waals surface area contributed by atoms with Gasteiger partial charge in [-0.1, -0.05) is 32.1 Å². The van der Waals surface area contributed by atoms with Crippen LogP contribution in [0.15, 0.2) is 24.3 Å². The molecular formula is C24H26N2O3S2. The molecule has 0 radical (unpaired) electrons. The minimum absolute atomic E-state index is 0.309. The van der Waals surface area contributed by atoms with Crippen molar-refractivity contribution in [2.75, 3.05) is 19.0 Å². The monoisotopic (exact) mass is 454 g/mol. The lowest BCUT2D eigenvalue weighted by Gasteiger charge is -2.23. The lowest BCUT2D eigenvalue weighted by Crippen LogP contribution is -2.15. The molecule has 7 heteroatoms. The number of ether oxygens (including phenoxy) is 2. The van der Waals surface area contributed by atoms with E-state index in [1.165, 1.54) is 17.4 Å². The molecule has 0 spiro atoms. The molecule has 1 atom stereocenters. The third-order valence-corrected chi connectivity index (χ3v) is 6.64. The Hall–Kier alpha value is -2.69. The van der Waals surface area contributed by atoms with Gasteiger partial charge in [0, 0.05) is 6.08 Å². The molecule has 31 heavy (non-hydrogen) atoms. The number of nitriles is 1. The van der Waals surface area contributed by atoms with Gasteiger partial charge >= 0.3 is 0 Å². The van der Waals surface area contributed by atoms with E-state index in [1.54, 1.807) is 13.2 Å². The predicted molar refractivity (Wildman–Crippen MR) is 128 cm³/mol. The van der Waals surface area contributed by atoms with Gasteiger partial charge in [-0.3, -0.25) is 4.79 Å². The molecule has 1 unspecified atom stereocenters. The lowest BCUT2D eigenvalue weighted by atomic mass is 9.85. The van der Waals surface area contributed by atoms with Gasteiger partial charge in [-0.2, -0.15) is 5.26 Å². The number of rotatable bonds is 7. The van der Waals surface area contributed by atoms with Crippen molar-refractivity contribution in [1.82, 2.24) is 0 Å². The van der Waals surface area contributed by atoms with E-state index in [9.17, 15) is 10.1 Å². The number of carbonyl (C=O) groups excluding carboxylic acids is 1. The highest BCUT2D eigenvalue weighted by atomic mass is 32.1. The van der Waals surface area contributed by atoms with Crippen molar-refractivity contribution < 1.29 is 14.3 Å². The number of nitrogens with zero attached hydrogens (tertiary/aromatic N) is 1. The summed E-state index contributed by atoms with van der Waals surface area (Å²) >= 11 is 6.87. The fraction of sp³-hybridized carbons (Fsp3) is 0.375. The SMILES string of the molecule is CCCOc1ccc(/C=C/C(=O)Nc2sc(=S)c3c(c2C#N)CCC(C)C3)cc1OC. The van der Waals surface area contributed by atoms with Gasteiger partial charge in [0.1, 0.15) is 11.1 Å². The van der Waals surface area contributed by atoms with Crippen LogP contribution in [-0.2, 0) is 17.6 Å². The second-order valence-electron chi connectivity index (χ2n) is 7.59. The van der Waals surface area contributed by atoms with Crippen LogP contribution in [-0.4, -0.2) is 19.6 Å². The van der Waals surface area contributed by atoms with Gasteiger partial charge in [-0.05, 0) is 66.5 Å². The van der Waals surface area contributed by atoms with E-state index >= 15 is 0 Å². The Labute approximate surface area is 192 Å². The van der Waals surface area contributed by atoms with Crippen molar-refractivity contribution in [3.63, 3.8) is 0 Å². The summed E-state index contributed by atoms with van der Waals surface area (Å²) in [6, 6.07) is 7.79. The summed E-state index contributed by atoms with van der Waals surface area (Å²) in [6.45, 7) is 4.85. The van der Waals surface area contributed by atoms with Crippen LogP contribution in [0.3, 0.4) is 0 Å². The average Bonchev–Trinajstić information content (AvgIpc) is 2.77. The highest BCUT2D eigenvalue weighted by molar-refractivity contribution is 7.73. The van der Waals surface area contributed by atoms with Crippen LogP contribution in [0.4, 0.5) is 5.00 Å². The van der Waals surface area contributed by atoms with Crippen LogP contribution in [0.5, 0.6) is 11.5 Å². The first kappa shape index (κ1) is 23.0. The minimum Gasteiger partial charge on any atom is -0.493 e. The summed E-state index contributed by atoms with van der Waals surface area (Å²) in [7, 11) is 1.59. The highest BCUT2D eigenvalue weighted by Crippen LogP contribution is 2.36. The van der Waals surface area contributed by atoms with Gasteiger partial charge < -0.3 is 14.8 Å². The first-order chi connectivity index (χ1) is 15.0. The maximum absolute atomic E-state index is 12.6. The number of benzene rings is 1. The summed E-state index contributed by atoms with van der Waals surface area (Å²) in [5.41, 5.74) is 3.45.